The monoisotopic (exact) mass is 312 g/mol. The molecule has 0 bridgehead atoms. The highest BCUT2D eigenvalue weighted by molar-refractivity contribution is 6.30. The molecule has 0 spiro atoms. The second-order valence-corrected chi connectivity index (χ2v) is 5.13. The number of rotatable bonds is 3. The maximum Gasteiger partial charge on any atom is 0.190 e. The number of nitriles is 1. The van der Waals surface area contributed by atoms with Crippen molar-refractivity contribution in [2.75, 3.05) is 0 Å². The lowest BCUT2D eigenvalue weighted by Crippen LogP contribution is -2.04. The molecular formula is C16H10ClFN4. The minimum Gasteiger partial charge on any atom is -0.239 e. The Morgan fingerprint density at radius 3 is 2.64 bits per heavy atom. The van der Waals surface area contributed by atoms with Crippen LogP contribution in [0.1, 0.15) is 11.3 Å². The van der Waals surface area contributed by atoms with Crippen LogP contribution < -0.4 is 0 Å². The first kappa shape index (κ1) is 14.2. The molecule has 0 aliphatic rings. The standard InChI is InChI=1S/C16H10ClFN4/c17-13-3-1-2-12(8-13)16-15(9-19)20-21-22(16)10-11-4-6-14(18)7-5-11/h1-8H,10H2. The molecule has 22 heavy (non-hydrogen) atoms. The molecular weight excluding hydrogens is 303 g/mol. The third-order valence-electron chi connectivity index (χ3n) is 3.18. The lowest BCUT2D eigenvalue weighted by Gasteiger charge is -2.07. The van der Waals surface area contributed by atoms with E-state index in [4.69, 9.17) is 11.6 Å². The van der Waals surface area contributed by atoms with Gasteiger partial charge < -0.3 is 0 Å². The van der Waals surface area contributed by atoms with Crippen LogP contribution in [0.25, 0.3) is 11.3 Å². The average Bonchev–Trinajstić information content (AvgIpc) is 2.92. The molecule has 3 aromatic rings. The summed E-state index contributed by atoms with van der Waals surface area (Å²) in [6.07, 6.45) is 0. The number of hydrogen-bond donors (Lipinski definition) is 0. The lowest BCUT2D eigenvalue weighted by molar-refractivity contribution is 0.622. The van der Waals surface area contributed by atoms with Gasteiger partial charge in [-0.2, -0.15) is 5.26 Å². The second kappa shape index (κ2) is 5.96. The van der Waals surface area contributed by atoms with Crippen molar-refractivity contribution in [1.82, 2.24) is 15.0 Å². The number of aromatic nitrogens is 3. The summed E-state index contributed by atoms with van der Waals surface area (Å²) >= 11 is 6.01. The minimum absolute atomic E-state index is 0.226. The molecule has 0 saturated heterocycles. The van der Waals surface area contributed by atoms with Gasteiger partial charge in [0.25, 0.3) is 0 Å². The van der Waals surface area contributed by atoms with E-state index in [2.05, 4.69) is 10.3 Å². The first-order chi connectivity index (χ1) is 10.7. The van der Waals surface area contributed by atoms with Gasteiger partial charge in [0.2, 0.25) is 0 Å². The molecule has 6 heteroatoms. The molecule has 1 heterocycles. The number of benzene rings is 2. The summed E-state index contributed by atoms with van der Waals surface area (Å²) in [6.45, 7) is 0.386. The third kappa shape index (κ3) is 2.83. The molecule has 108 valence electrons. The van der Waals surface area contributed by atoms with E-state index in [1.807, 2.05) is 12.1 Å². The van der Waals surface area contributed by atoms with E-state index in [0.717, 1.165) is 11.1 Å². The van der Waals surface area contributed by atoms with E-state index in [9.17, 15) is 9.65 Å². The highest BCUT2D eigenvalue weighted by Crippen LogP contribution is 2.25. The van der Waals surface area contributed by atoms with E-state index in [-0.39, 0.29) is 11.5 Å². The first-order valence-electron chi connectivity index (χ1n) is 6.51. The van der Waals surface area contributed by atoms with Crippen LogP contribution in [0.4, 0.5) is 4.39 Å². The van der Waals surface area contributed by atoms with E-state index in [1.54, 1.807) is 35.0 Å². The van der Waals surface area contributed by atoms with Gasteiger partial charge in [-0.25, -0.2) is 9.07 Å². The Balaban J connectivity index is 2.04. The zero-order valence-corrected chi connectivity index (χ0v) is 12.1. The SMILES string of the molecule is N#Cc1nnn(Cc2ccc(F)cc2)c1-c1cccc(Cl)c1. The predicted molar refractivity (Wildman–Crippen MR) is 80.7 cm³/mol. The van der Waals surface area contributed by atoms with Gasteiger partial charge in [0.05, 0.1) is 6.54 Å². The largest absolute Gasteiger partial charge is 0.239 e. The van der Waals surface area contributed by atoms with Crippen molar-refractivity contribution in [2.24, 2.45) is 0 Å². The third-order valence-corrected chi connectivity index (χ3v) is 3.42. The quantitative estimate of drug-likeness (QED) is 0.741. The zero-order valence-electron chi connectivity index (χ0n) is 11.4. The molecule has 0 aliphatic carbocycles. The van der Waals surface area contributed by atoms with Gasteiger partial charge in [-0.1, -0.05) is 41.1 Å². The number of nitrogens with zero attached hydrogens (tertiary/aromatic N) is 4. The summed E-state index contributed by atoms with van der Waals surface area (Å²) in [5, 5.41) is 17.7. The number of hydrogen-bond acceptors (Lipinski definition) is 3. The molecule has 1 aromatic heterocycles. The molecule has 0 N–H and O–H groups in total. The van der Waals surface area contributed by atoms with Crippen molar-refractivity contribution in [3.63, 3.8) is 0 Å². The molecule has 0 saturated carbocycles. The summed E-state index contributed by atoms with van der Waals surface area (Å²) in [7, 11) is 0. The van der Waals surface area contributed by atoms with Crippen molar-refractivity contribution in [3.05, 3.63) is 70.6 Å². The molecule has 0 unspecified atom stereocenters. The van der Waals surface area contributed by atoms with E-state index >= 15 is 0 Å². The maximum atomic E-state index is 13.0. The van der Waals surface area contributed by atoms with Crippen molar-refractivity contribution in [1.29, 1.82) is 5.26 Å². The summed E-state index contributed by atoms with van der Waals surface area (Å²) < 4.78 is 14.6. The van der Waals surface area contributed by atoms with Gasteiger partial charge in [-0.3, -0.25) is 0 Å². The maximum absolute atomic E-state index is 13.0. The fourth-order valence-electron chi connectivity index (χ4n) is 2.18. The highest BCUT2D eigenvalue weighted by atomic mass is 35.5. The summed E-state index contributed by atoms with van der Waals surface area (Å²) in [5.74, 6) is -0.296. The van der Waals surface area contributed by atoms with Gasteiger partial charge in [0, 0.05) is 10.6 Å². The van der Waals surface area contributed by atoms with Crippen LogP contribution in [0.3, 0.4) is 0 Å². The molecule has 3 rings (SSSR count). The summed E-state index contributed by atoms with van der Waals surface area (Å²) in [4.78, 5) is 0. The van der Waals surface area contributed by atoms with E-state index in [1.165, 1.54) is 12.1 Å². The topological polar surface area (TPSA) is 54.5 Å². The van der Waals surface area contributed by atoms with Gasteiger partial charge in [-0.05, 0) is 29.8 Å². The van der Waals surface area contributed by atoms with Crippen molar-refractivity contribution >= 4 is 11.6 Å². The molecule has 0 radical (unpaired) electrons. The van der Waals surface area contributed by atoms with Crippen LogP contribution in [0.2, 0.25) is 5.02 Å². The van der Waals surface area contributed by atoms with Crippen LogP contribution in [0, 0.1) is 17.1 Å². The summed E-state index contributed by atoms with van der Waals surface area (Å²) in [6, 6.07) is 15.3. The van der Waals surface area contributed by atoms with Crippen molar-refractivity contribution in [2.45, 2.75) is 6.54 Å². The van der Waals surface area contributed by atoms with E-state index in [0.29, 0.717) is 17.3 Å². The van der Waals surface area contributed by atoms with E-state index < -0.39 is 0 Å². The number of halogens is 2. The van der Waals surface area contributed by atoms with Crippen LogP contribution in [0.5, 0.6) is 0 Å². The highest BCUT2D eigenvalue weighted by Gasteiger charge is 2.15. The second-order valence-electron chi connectivity index (χ2n) is 4.69. The minimum atomic E-state index is -0.296. The Labute approximate surface area is 131 Å². The van der Waals surface area contributed by atoms with Crippen molar-refractivity contribution in [3.8, 4) is 17.3 Å². The Kier molecular flexibility index (Phi) is 3.86. The molecule has 0 aliphatic heterocycles. The van der Waals surface area contributed by atoms with Crippen LogP contribution in [0.15, 0.2) is 48.5 Å². The Hall–Kier alpha value is -2.71. The fourth-order valence-corrected chi connectivity index (χ4v) is 2.37. The lowest BCUT2D eigenvalue weighted by atomic mass is 10.1. The van der Waals surface area contributed by atoms with Gasteiger partial charge in [0.15, 0.2) is 5.69 Å². The molecule has 0 amide bonds. The van der Waals surface area contributed by atoms with Crippen LogP contribution >= 0.6 is 11.6 Å². The summed E-state index contributed by atoms with van der Waals surface area (Å²) in [5.41, 5.74) is 2.44. The van der Waals surface area contributed by atoms with Crippen molar-refractivity contribution < 1.29 is 4.39 Å². The van der Waals surface area contributed by atoms with Crippen LogP contribution in [-0.2, 0) is 6.54 Å². The molecule has 0 atom stereocenters. The fraction of sp³-hybridized carbons (Fsp3) is 0.0625. The average molecular weight is 313 g/mol. The molecule has 0 fully saturated rings. The van der Waals surface area contributed by atoms with Gasteiger partial charge in [0.1, 0.15) is 17.6 Å². The Morgan fingerprint density at radius 2 is 1.95 bits per heavy atom. The van der Waals surface area contributed by atoms with Crippen LogP contribution in [-0.4, -0.2) is 15.0 Å². The Bertz CT molecular complexity index is 849. The Morgan fingerprint density at radius 1 is 1.18 bits per heavy atom. The van der Waals surface area contributed by atoms with Gasteiger partial charge >= 0.3 is 0 Å². The van der Waals surface area contributed by atoms with Gasteiger partial charge in [-0.15, -0.1) is 5.10 Å². The predicted octanol–water partition coefficient (Wildman–Crippen LogP) is 3.66. The smallest absolute Gasteiger partial charge is 0.190 e. The molecule has 2 aromatic carbocycles. The zero-order chi connectivity index (χ0) is 15.5. The normalized spacial score (nSPS) is 10.4. The first-order valence-corrected chi connectivity index (χ1v) is 6.89. The molecule has 4 nitrogen and oxygen atoms in total.